The van der Waals surface area contributed by atoms with Crippen LogP contribution in [0, 0.1) is 35.5 Å². The van der Waals surface area contributed by atoms with Gasteiger partial charge in [0.1, 0.15) is 40.0 Å². The Morgan fingerprint density at radius 2 is 1.56 bits per heavy atom. The Kier molecular flexibility index (Phi) is 24.2. The molecule has 17 heteroatoms. The predicted molar refractivity (Wildman–Crippen MR) is 273 cm³/mol. The number of cyclic esters (lactones) is 1. The fraction of sp³-hybridized carbons (Fsp3) is 0.764. The van der Waals surface area contributed by atoms with Crippen molar-refractivity contribution in [3.63, 3.8) is 0 Å². The van der Waals surface area contributed by atoms with E-state index >= 15 is 0 Å². The second kappa shape index (κ2) is 28.5. The maximum Gasteiger partial charge on any atom is 0.328 e. The molecule has 72 heavy (non-hydrogen) atoms. The molecule has 2 bridgehead atoms. The highest BCUT2D eigenvalue weighted by Gasteiger charge is 2.52. The summed E-state index contributed by atoms with van der Waals surface area (Å²) in [5.41, 5.74) is 1.28. The molecule has 4 rings (SSSR count). The van der Waals surface area contributed by atoms with Crippen LogP contribution in [0.25, 0.3) is 0 Å². The summed E-state index contributed by atoms with van der Waals surface area (Å²) >= 11 is 0. The molecule has 2 aliphatic heterocycles. The number of fused-ring (bicyclic) bond motifs is 2. The minimum atomic E-state index is -3.12. The van der Waals surface area contributed by atoms with E-state index in [1.165, 1.54) is 27.3 Å². The third-order valence-corrected chi connectivity index (χ3v) is 16.4. The summed E-state index contributed by atoms with van der Waals surface area (Å²) in [7, 11) is 1.14. The number of esters is 1. The van der Waals surface area contributed by atoms with Gasteiger partial charge in [0.25, 0.3) is 11.7 Å². The van der Waals surface area contributed by atoms with Gasteiger partial charge in [-0.25, -0.2) is 13.2 Å². The zero-order valence-corrected chi connectivity index (χ0v) is 45.7. The van der Waals surface area contributed by atoms with E-state index in [1.807, 2.05) is 44.2 Å². The average Bonchev–Trinajstić information content (AvgIpc) is 4.18. The predicted octanol–water partition coefficient (Wildman–Crippen LogP) is 6.64. The van der Waals surface area contributed by atoms with E-state index in [2.05, 4.69) is 0 Å². The second-order valence-corrected chi connectivity index (χ2v) is 23.7. The van der Waals surface area contributed by atoms with Crippen LogP contribution in [-0.4, -0.2) is 154 Å². The van der Waals surface area contributed by atoms with Crippen LogP contribution in [0.4, 0.5) is 0 Å². The van der Waals surface area contributed by atoms with Crippen molar-refractivity contribution < 1.29 is 71.0 Å². The van der Waals surface area contributed by atoms with Crippen LogP contribution in [0.1, 0.15) is 132 Å². The molecule has 0 aromatic carbocycles. The maximum absolute atomic E-state index is 14.2. The first-order valence-corrected chi connectivity index (χ1v) is 28.3. The molecule has 1 saturated heterocycles. The van der Waals surface area contributed by atoms with Crippen molar-refractivity contribution >= 4 is 39.1 Å². The number of sulfone groups is 1. The number of amides is 1. The number of carbonyl (C=O) groups is 5. The fourth-order valence-electron chi connectivity index (χ4n) is 9.92. The lowest BCUT2D eigenvalue weighted by Crippen LogP contribution is -2.59. The van der Waals surface area contributed by atoms with Crippen molar-refractivity contribution in [2.24, 2.45) is 35.5 Å². The maximum atomic E-state index is 14.2. The molecule has 14 atom stereocenters. The van der Waals surface area contributed by atoms with Gasteiger partial charge in [-0.15, -0.1) is 0 Å². The molecule has 0 spiro atoms. The third-order valence-electron chi connectivity index (χ3n) is 15.3. The SMILES string of the molecule is COC1C(=O)C(C)CC\C=C/C=C\C=C(\C)C(OCC2CC2)C[C@H]2CC[C@H](C)[C@](O)(O2)C(=O)C(=O)N(C)C(C)C(=O)OC([C@H](C)C[C@@H]2CC[C@@H](OCCCS(C)(=O)=O)[C@H](OC)C2)CC(=O)C(C)/C=C(/C)C1O. The lowest BCUT2D eigenvalue weighted by atomic mass is 9.78. The lowest BCUT2D eigenvalue weighted by molar-refractivity contribution is -0.265. The van der Waals surface area contributed by atoms with Gasteiger partial charge in [0, 0.05) is 64.7 Å². The zero-order valence-electron chi connectivity index (χ0n) is 44.9. The number of ether oxygens (including phenoxy) is 6. The van der Waals surface area contributed by atoms with E-state index in [-0.39, 0.29) is 54.4 Å². The lowest BCUT2D eigenvalue weighted by Gasteiger charge is -2.41. The van der Waals surface area contributed by atoms with Gasteiger partial charge in [0.05, 0.1) is 36.8 Å². The second-order valence-electron chi connectivity index (χ2n) is 21.4. The summed E-state index contributed by atoms with van der Waals surface area (Å²) in [5.74, 6) is -7.98. The van der Waals surface area contributed by atoms with Gasteiger partial charge in [-0.1, -0.05) is 64.2 Å². The summed E-state index contributed by atoms with van der Waals surface area (Å²) in [6.45, 7) is 12.9. The molecule has 2 heterocycles. The number of aliphatic hydroxyl groups excluding tert-OH is 1. The van der Waals surface area contributed by atoms with Crippen LogP contribution in [0.2, 0.25) is 0 Å². The highest BCUT2D eigenvalue weighted by atomic mass is 32.2. The molecular weight excluding hydrogens is 947 g/mol. The fourth-order valence-corrected chi connectivity index (χ4v) is 10.6. The molecule has 3 fully saturated rings. The third kappa shape index (κ3) is 18.2. The van der Waals surface area contributed by atoms with Gasteiger partial charge in [0.2, 0.25) is 5.79 Å². The Bertz CT molecular complexity index is 2060. The van der Waals surface area contributed by atoms with E-state index in [0.717, 1.165) is 29.7 Å². The first-order valence-electron chi connectivity index (χ1n) is 26.2. The van der Waals surface area contributed by atoms with Gasteiger partial charge in [-0.2, -0.15) is 0 Å². The zero-order chi connectivity index (χ0) is 53.5. The number of nitrogens with zero attached hydrogens (tertiary/aromatic N) is 1. The minimum absolute atomic E-state index is 0.0257. The number of hydrogen-bond acceptors (Lipinski definition) is 15. The van der Waals surface area contributed by atoms with Crippen molar-refractivity contribution in [1.82, 2.24) is 4.90 Å². The quantitative estimate of drug-likeness (QED) is 0.0855. The summed E-state index contributed by atoms with van der Waals surface area (Å²) < 4.78 is 59.5. The van der Waals surface area contributed by atoms with E-state index in [9.17, 15) is 42.6 Å². The highest BCUT2D eigenvalue weighted by Crippen LogP contribution is 2.38. The van der Waals surface area contributed by atoms with Crippen molar-refractivity contribution in [3.8, 4) is 0 Å². The normalized spacial score (nSPS) is 37.0. The number of aliphatic hydroxyl groups is 2. The average molecular weight is 1030 g/mol. The summed E-state index contributed by atoms with van der Waals surface area (Å²) in [4.78, 5) is 71.0. The van der Waals surface area contributed by atoms with E-state index in [1.54, 1.807) is 40.9 Å². The number of likely N-dealkylation sites (N-methyl/N-ethyl adjacent to an activating group) is 1. The van der Waals surface area contributed by atoms with Crippen LogP contribution in [0.3, 0.4) is 0 Å². The number of hydrogen-bond donors (Lipinski definition) is 2. The van der Waals surface area contributed by atoms with Crippen LogP contribution in [-0.2, 0) is 62.2 Å². The molecule has 0 radical (unpaired) electrons. The monoisotopic (exact) mass is 1030 g/mol. The topological polar surface area (TPSA) is 219 Å². The number of Topliss-reactive ketones (excluding diaryl/α,β-unsaturated/α-hetero) is 3. The van der Waals surface area contributed by atoms with Crippen molar-refractivity contribution in [3.05, 3.63) is 47.6 Å². The number of methoxy groups -OCH3 is 2. The van der Waals surface area contributed by atoms with Gasteiger partial charge in [-0.3, -0.25) is 19.2 Å². The largest absolute Gasteiger partial charge is 0.460 e. The minimum Gasteiger partial charge on any atom is -0.460 e. The van der Waals surface area contributed by atoms with Crippen LogP contribution < -0.4 is 0 Å². The van der Waals surface area contributed by atoms with Crippen molar-refractivity contribution in [1.29, 1.82) is 0 Å². The van der Waals surface area contributed by atoms with E-state index < -0.39 is 87.6 Å². The van der Waals surface area contributed by atoms with Crippen LogP contribution in [0.5, 0.6) is 0 Å². The number of ketones is 3. The van der Waals surface area contributed by atoms with Gasteiger partial charge >= 0.3 is 5.97 Å². The van der Waals surface area contributed by atoms with Crippen LogP contribution in [0.15, 0.2) is 47.6 Å². The molecule has 2 saturated carbocycles. The smallest absolute Gasteiger partial charge is 0.328 e. The Morgan fingerprint density at radius 3 is 2.21 bits per heavy atom. The van der Waals surface area contributed by atoms with E-state index in [4.69, 9.17) is 28.4 Å². The summed E-state index contributed by atoms with van der Waals surface area (Å²) in [6, 6.07) is -1.31. The molecule has 1 amide bonds. The van der Waals surface area contributed by atoms with Gasteiger partial charge < -0.3 is 43.5 Å². The Labute approximate surface area is 429 Å². The molecular formula is C55H87NO15S. The highest BCUT2D eigenvalue weighted by molar-refractivity contribution is 7.90. The van der Waals surface area contributed by atoms with Crippen molar-refractivity contribution in [2.75, 3.05) is 46.5 Å². The van der Waals surface area contributed by atoms with Crippen LogP contribution >= 0.6 is 0 Å². The molecule has 4 aliphatic rings. The molecule has 0 aromatic rings. The number of carbonyl (C=O) groups excluding carboxylic acids is 5. The van der Waals surface area contributed by atoms with Crippen molar-refractivity contribution in [2.45, 2.75) is 186 Å². The standard InChI is InChI=1S/C55H87NO15S/c1-34-18-15-13-12-14-16-19-35(2)49(58)51(67-10)50(59)38(5)28-36(3)44(57)32-47(37(4)29-42-23-25-45(48(30-42)66-9)68-26-17-27-72(11,64)65)70-54(62)40(7)56(8)53(61)52(60)55(63)39(6)20-24-43(71-55)31-46(34)69-33-41-21-22-41/h12-15,18,28,35-37,39-43,45-48,50-51,59,63H,16-17,19-27,29-33H2,1-11H3/b14-12-,15-13-,34-18-,38-28-/t35?,36?,37-,39+,40?,42+,43-,45-,46?,47?,48-,50?,51?,55+/m1/s1. The number of rotatable bonds is 13. The Hall–Kier alpha value is -3.42. The molecule has 2 aliphatic carbocycles. The Morgan fingerprint density at radius 1 is 0.861 bits per heavy atom. The molecule has 0 aromatic heterocycles. The van der Waals surface area contributed by atoms with Gasteiger partial charge in [-0.05, 0) is 120 Å². The first kappa shape index (κ1) is 61.1. The summed E-state index contributed by atoms with van der Waals surface area (Å²) in [5, 5.41) is 23.4. The molecule has 16 nitrogen and oxygen atoms in total. The summed E-state index contributed by atoms with van der Waals surface area (Å²) in [6.07, 6.45) is 14.6. The Balaban J connectivity index is 1.63. The molecule has 7 unspecified atom stereocenters. The first-order chi connectivity index (χ1) is 33.9. The number of allylic oxidation sites excluding steroid dienone is 6. The van der Waals surface area contributed by atoms with Gasteiger partial charge in [0.15, 0.2) is 5.78 Å². The van der Waals surface area contributed by atoms with E-state index in [0.29, 0.717) is 75.9 Å². The molecule has 2 N–H and O–H groups in total. The molecule has 408 valence electrons.